The van der Waals surface area contributed by atoms with Crippen LogP contribution in [0.2, 0.25) is 0 Å². The second-order valence-electron chi connectivity index (χ2n) is 3.87. The van der Waals surface area contributed by atoms with Crippen molar-refractivity contribution in [2.45, 2.75) is 6.92 Å². The molecule has 1 heterocycles. The minimum atomic E-state index is -0.739. The molecule has 4 nitrogen and oxygen atoms in total. The Morgan fingerprint density at radius 3 is 2.85 bits per heavy atom. The fourth-order valence-electron chi connectivity index (χ4n) is 1.65. The van der Waals surface area contributed by atoms with Crippen molar-refractivity contribution in [1.29, 1.82) is 0 Å². The van der Waals surface area contributed by atoms with E-state index in [4.69, 9.17) is 11.2 Å². The first-order chi connectivity index (χ1) is 9.63. The number of nitrogens with zero attached hydrogens (tertiary/aromatic N) is 3. The molecule has 0 atom stereocenters. The van der Waals surface area contributed by atoms with E-state index >= 15 is 0 Å². The van der Waals surface area contributed by atoms with Crippen molar-refractivity contribution in [2.75, 3.05) is 6.61 Å². The highest BCUT2D eigenvalue weighted by Gasteiger charge is 2.15. The second-order valence-corrected chi connectivity index (χ2v) is 3.87. The Bertz CT molecular complexity index is 672. The third-order valence-corrected chi connectivity index (χ3v) is 2.57. The molecule has 1 aromatic carbocycles. The van der Waals surface area contributed by atoms with Gasteiger partial charge in [0.25, 0.3) is 0 Å². The number of allylic oxidation sites excluding steroid dienone is 1. The van der Waals surface area contributed by atoms with Gasteiger partial charge in [-0.3, -0.25) is 0 Å². The van der Waals surface area contributed by atoms with Gasteiger partial charge >= 0.3 is 0 Å². The molecule has 2 aromatic rings. The van der Waals surface area contributed by atoms with Crippen LogP contribution < -0.4 is 0 Å². The minimum Gasteiger partial charge on any atom is -0.478 e. The van der Waals surface area contributed by atoms with Crippen molar-refractivity contribution in [2.24, 2.45) is 0 Å². The molecule has 0 bridgehead atoms. The molecule has 0 fully saturated rings. The fourth-order valence-corrected chi connectivity index (χ4v) is 1.65. The lowest BCUT2D eigenvalue weighted by molar-refractivity contribution is 0.324. The van der Waals surface area contributed by atoms with Crippen molar-refractivity contribution < 1.29 is 13.5 Å². The van der Waals surface area contributed by atoms with Crippen molar-refractivity contribution in [3.63, 3.8) is 0 Å². The van der Waals surface area contributed by atoms with Gasteiger partial charge in [-0.1, -0.05) is 5.92 Å². The van der Waals surface area contributed by atoms with Gasteiger partial charge in [0, 0.05) is 6.07 Å². The summed E-state index contributed by atoms with van der Waals surface area (Å²) < 4.78 is 33.6. The third kappa shape index (κ3) is 2.83. The molecule has 102 valence electrons. The topological polar surface area (TPSA) is 39.9 Å². The summed E-state index contributed by atoms with van der Waals surface area (Å²) in [6.45, 7) is 1.63. The van der Waals surface area contributed by atoms with E-state index in [0.29, 0.717) is 5.70 Å². The number of benzene rings is 1. The Morgan fingerprint density at radius 1 is 1.45 bits per heavy atom. The molecule has 0 aliphatic heterocycles. The van der Waals surface area contributed by atoms with Gasteiger partial charge in [0.05, 0.1) is 11.3 Å². The summed E-state index contributed by atoms with van der Waals surface area (Å²) in [5.74, 6) is 1.08. The van der Waals surface area contributed by atoms with Gasteiger partial charge < -0.3 is 4.74 Å². The fraction of sp³-hybridized carbons (Fsp3) is 0.143. The second kappa shape index (κ2) is 5.97. The zero-order chi connectivity index (χ0) is 14.5. The number of ether oxygens (including phenoxy) is 1. The van der Waals surface area contributed by atoms with Gasteiger partial charge in [0.1, 0.15) is 30.9 Å². The summed E-state index contributed by atoms with van der Waals surface area (Å²) in [6, 6.07) is 3.21. The molecule has 0 aliphatic rings. The number of halogens is 2. The van der Waals surface area contributed by atoms with Crippen LogP contribution in [0.5, 0.6) is 0 Å². The van der Waals surface area contributed by atoms with Crippen LogP contribution in [-0.4, -0.2) is 21.4 Å². The number of terminal acetylenes is 1. The highest BCUT2D eigenvalue weighted by molar-refractivity contribution is 5.77. The number of rotatable bonds is 4. The van der Waals surface area contributed by atoms with Crippen LogP contribution in [0.25, 0.3) is 11.5 Å². The molecular weight excluding hydrogens is 264 g/mol. The maximum Gasteiger partial charge on any atom is 0.152 e. The van der Waals surface area contributed by atoms with Crippen LogP contribution in [-0.2, 0) is 4.74 Å². The van der Waals surface area contributed by atoms with E-state index in [1.54, 1.807) is 6.92 Å². The highest BCUT2D eigenvalue weighted by atomic mass is 19.1. The molecule has 0 radical (unpaired) electrons. The van der Waals surface area contributed by atoms with Crippen LogP contribution in [0.1, 0.15) is 12.5 Å². The van der Waals surface area contributed by atoms with E-state index in [0.717, 1.165) is 12.1 Å². The molecule has 0 spiro atoms. The normalized spacial score (nSPS) is 11.7. The van der Waals surface area contributed by atoms with E-state index in [1.165, 1.54) is 23.4 Å². The molecule has 0 saturated heterocycles. The summed E-state index contributed by atoms with van der Waals surface area (Å²) in [6.07, 6.45) is 7.93. The molecule has 0 aliphatic carbocycles. The van der Waals surface area contributed by atoms with Crippen molar-refractivity contribution in [3.05, 3.63) is 48.1 Å². The molecular formula is C14H11F2N3O. The van der Waals surface area contributed by atoms with E-state index in [-0.39, 0.29) is 17.9 Å². The van der Waals surface area contributed by atoms with E-state index in [1.807, 2.05) is 0 Å². The summed E-state index contributed by atoms with van der Waals surface area (Å²) in [5.41, 5.74) is 0.595. The average molecular weight is 275 g/mol. The van der Waals surface area contributed by atoms with Crippen LogP contribution in [0.15, 0.2) is 30.9 Å². The van der Waals surface area contributed by atoms with Crippen LogP contribution >= 0.6 is 0 Å². The quantitative estimate of drug-likeness (QED) is 0.636. The Hall–Kier alpha value is -2.68. The summed E-state index contributed by atoms with van der Waals surface area (Å²) in [5, 5.41) is 3.94. The van der Waals surface area contributed by atoms with Crippen molar-refractivity contribution in [1.82, 2.24) is 14.8 Å². The first kappa shape index (κ1) is 13.7. The third-order valence-electron chi connectivity index (χ3n) is 2.57. The van der Waals surface area contributed by atoms with Crippen molar-refractivity contribution in [3.8, 4) is 12.3 Å². The van der Waals surface area contributed by atoms with Crippen LogP contribution in [0.3, 0.4) is 0 Å². The van der Waals surface area contributed by atoms with Gasteiger partial charge in [0.15, 0.2) is 5.76 Å². The van der Waals surface area contributed by atoms with Gasteiger partial charge in [0.2, 0.25) is 0 Å². The number of hydrogen-bond acceptors (Lipinski definition) is 3. The number of aromatic nitrogens is 3. The molecule has 0 saturated carbocycles. The smallest absolute Gasteiger partial charge is 0.152 e. The summed E-state index contributed by atoms with van der Waals surface area (Å²) in [4.78, 5) is 3.80. The zero-order valence-electron chi connectivity index (χ0n) is 10.7. The van der Waals surface area contributed by atoms with Gasteiger partial charge in [-0.25, -0.2) is 18.4 Å². The molecule has 0 unspecified atom stereocenters. The van der Waals surface area contributed by atoms with Gasteiger partial charge in [-0.15, -0.1) is 6.42 Å². The van der Waals surface area contributed by atoms with Gasteiger partial charge in [-0.2, -0.15) is 5.10 Å². The largest absolute Gasteiger partial charge is 0.478 e. The minimum absolute atomic E-state index is 0.0435. The standard InChI is InChI=1S/C14H11F2N3O/c1-3-6-20-14(10(2)19-9-17-8-18-19)12-5-4-11(15)7-13(12)16/h1,4-5,7-9H,6H2,2H3. The van der Waals surface area contributed by atoms with Crippen LogP contribution in [0, 0.1) is 24.0 Å². The van der Waals surface area contributed by atoms with E-state index < -0.39 is 11.6 Å². The molecule has 6 heteroatoms. The SMILES string of the molecule is C#CCOC(=C(C)n1cncn1)c1ccc(F)cc1F. The monoisotopic (exact) mass is 275 g/mol. The Balaban J connectivity index is 2.53. The van der Waals surface area contributed by atoms with Crippen molar-refractivity contribution >= 4 is 11.5 Å². The predicted octanol–water partition coefficient (Wildman–Crippen LogP) is 2.55. The lowest BCUT2D eigenvalue weighted by Gasteiger charge is -2.13. The predicted molar refractivity (Wildman–Crippen MR) is 69.9 cm³/mol. The summed E-state index contributed by atoms with van der Waals surface area (Å²) >= 11 is 0. The molecule has 0 amide bonds. The lowest BCUT2D eigenvalue weighted by Crippen LogP contribution is -2.04. The molecule has 1 aromatic heterocycles. The lowest BCUT2D eigenvalue weighted by atomic mass is 10.1. The molecule has 20 heavy (non-hydrogen) atoms. The first-order valence-corrected chi connectivity index (χ1v) is 5.71. The van der Waals surface area contributed by atoms with E-state index in [9.17, 15) is 8.78 Å². The Kier molecular flexibility index (Phi) is 4.11. The van der Waals surface area contributed by atoms with Gasteiger partial charge in [-0.05, 0) is 19.1 Å². The maximum absolute atomic E-state index is 13.9. The molecule has 2 rings (SSSR count). The maximum atomic E-state index is 13.9. The summed E-state index contributed by atoms with van der Waals surface area (Å²) in [7, 11) is 0. The molecule has 0 N–H and O–H groups in total. The van der Waals surface area contributed by atoms with E-state index in [2.05, 4.69) is 16.0 Å². The average Bonchev–Trinajstić information content (AvgIpc) is 2.94. The number of hydrogen-bond donors (Lipinski definition) is 0. The first-order valence-electron chi connectivity index (χ1n) is 5.71. The Morgan fingerprint density at radius 2 is 2.25 bits per heavy atom. The Labute approximate surface area is 114 Å². The zero-order valence-corrected chi connectivity index (χ0v) is 10.7. The van der Waals surface area contributed by atoms with Crippen LogP contribution in [0.4, 0.5) is 8.78 Å². The highest BCUT2D eigenvalue weighted by Crippen LogP contribution is 2.25.